The molecule has 0 aliphatic heterocycles. The minimum absolute atomic E-state index is 0.0995. The second kappa shape index (κ2) is 3.15. The van der Waals surface area contributed by atoms with E-state index in [4.69, 9.17) is 17.3 Å². The van der Waals surface area contributed by atoms with Gasteiger partial charge in [0.05, 0.1) is 10.6 Å². The summed E-state index contributed by atoms with van der Waals surface area (Å²) in [5.74, 6) is -0.0995. The third-order valence-corrected chi connectivity index (χ3v) is 1.92. The third kappa shape index (κ3) is 1.59. The van der Waals surface area contributed by atoms with Gasteiger partial charge in [-0.1, -0.05) is 11.6 Å². The Kier molecular flexibility index (Phi) is 2.38. The lowest BCUT2D eigenvalue weighted by Gasteiger charge is -2.05. The summed E-state index contributed by atoms with van der Waals surface area (Å²) in [6, 6.07) is 3.47. The number of carbonyl (C=O) groups is 1. The fourth-order valence-electron chi connectivity index (χ4n) is 1.14. The van der Waals surface area contributed by atoms with E-state index in [0.29, 0.717) is 16.3 Å². The van der Waals surface area contributed by atoms with Crippen LogP contribution >= 0.6 is 11.6 Å². The van der Waals surface area contributed by atoms with Crippen LogP contribution in [0.4, 0.5) is 5.69 Å². The minimum Gasteiger partial charge on any atom is -0.398 e. The summed E-state index contributed by atoms with van der Waals surface area (Å²) in [4.78, 5) is 11.0. The molecule has 0 saturated heterocycles. The number of halogens is 1. The van der Waals surface area contributed by atoms with Gasteiger partial charge in [-0.25, -0.2) is 0 Å². The van der Waals surface area contributed by atoms with E-state index in [1.807, 2.05) is 6.92 Å². The zero-order chi connectivity index (χ0) is 9.30. The molecule has 2 N–H and O–H groups in total. The van der Waals surface area contributed by atoms with Crippen molar-refractivity contribution in [2.45, 2.75) is 13.8 Å². The van der Waals surface area contributed by atoms with Crippen molar-refractivity contribution in [2.24, 2.45) is 0 Å². The molecule has 1 rings (SSSR count). The molecule has 0 spiro atoms. The van der Waals surface area contributed by atoms with E-state index in [9.17, 15) is 4.79 Å². The number of hydrogen-bond acceptors (Lipinski definition) is 2. The fraction of sp³-hybridized carbons (Fsp3) is 0.222. The molecule has 0 aliphatic carbocycles. The van der Waals surface area contributed by atoms with Gasteiger partial charge in [0, 0.05) is 5.69 Å². The molecule has 0 amide bonds. The Labute approximate surface area is 76.3 Å². The van der Waals surface area contributed by atoms with Crippen molar-refractivity contribution >= 4 is 23.1 Å². The van der Waals surface area contributed by atoms with Gasteiger partial charge in [0.2, 0.25) is 0 Å². The highest BCUT2D eigenvalue weighted by Gasteiger charge is 2.09. The molecule has 2 nitrogen and oxygen atoms in total. The quantitative estimate of drug-likeness (QED) is 0.537. The minimum atomic E-state index is -0.0995. The molecule has 0 aliphatic rings. The van der Waals surface area contributed by atoms with Crippen LogP contribution in [0.5, 0.6) is 0 Å². The summed E-state index contributed by atoms with van der Waals surface area (Å²) in [7, 11) is 0. The zero-order valence-corrected chi connectivity index (χ0v) is 7.77. The molecule has 3 heteroatoms. The van der Waals surface area contributed by atoms with Crippen molar-refractivity contribution in [3.8, 4) is 0 Å². The van der Waals surface area contributed by atoms with Crippen LogP contribution in [0.15, 0.2) is 12.1 Å². The highest BCUT2D eigenvalue weighted by molar-refractivity contribution is 6.34. The summed E-state index contributed by atoms with van der Waals surface area (Å²) in [5, 5.41) is 0.431. The average Bonchev–Trinajstić information content (AvgIpc) is 1.82. The summed E-state index contributed by atoms with van der Waals surface area (Å²) in [6.45, 7) is 3.33. The van der Waals surface area contributed by atoms with Crippen LogP contribution in [0.3, 0.4) is 0 Å². The number of ketones is 1. The first-order valence-electron chi connectivity index (χ1n) is 3.59. The molecule has 0 bridgehead atoms. The topological polar surface area (TPSA) is 43.1 Å². The lowest BCUT2D eigenvalue weighted by atomic mass is 10.1. The van der Waals surface area contributed by atoms with Crippen LogP contribution in [-0.2, 0) is 0 Å². The van der Waals surface area contributed by atoms with E-state index >= 15 is 0 Å². The van der Waals surface area contributed by atoms with Gasteiger partial charge < -0.3 is 5.73 Å². The smallest absolute Gasteiger partial charge is 0.163 e. The van der Waals surface area contributed by atoms with Crippen molar-refractivity contribution in [2.75, 3.05) is 5.73 Å². The zero-order valence-electron chi connectivity index (χ0n) is 7.02. The molecule has 0 saturated carbocycles. The van der Waals surface area contributed by atoms with Gasteiger partial charge in [-0.15, -0.1) is 0 Å². The molecule has 12 heavy (non-hydrogen) atoms. The van der Waals surface area contributed by atoms with Crippen LogP contribution < -0.4 is 5.73 Å². The Hall–Kier alpha value is -1.02. The van der Waals surface area contributed by atoms with Crippen molar-refractivity contribution in [1.82, 2.24) is 0 Å². The molecule has 1 aromatic carbocycles. The lowest BCUT2D eigenvalue weighted by molar-refractivity contribution is 0.101. The number of anilines is 1. The number of carbonyl (C=O) groups excluding carboxylic acids is 1. The highest BCUT2D eigenvalue weighted by Crippen LogP contribution is 2.24. The van der Waals surface area contributed by atoms with Gasteiger partial charge in [0.25, 0.3) is 0 Å². The van der Waals surface area contributed by atoms with Crippen molar-refractivity contribution in [3.63, 3.8) is 0 Å². The van der Waals surface area contributed by atoms with Gasteiger partial charge in [-0.3, -0.25) is 4.79 Å². The maximum Gasteiger partial charge on any atom is 0.163 e. The van der Waals surface area contributed by atoms with Crippen LogP contribution in [0, 0.1) is 6.92 Å². The largest absolute Gasteiger partial charge is 0.398 e. The van der Waals surface area contributed by atoms with Crippen molar-refractivity contribution in [1.29, 1.82) is 0 Å². The third-order valence-electron chi connectivity index (χ3n) is 1.62. The molecule has 0 fully saturated rings. The monoisotopic (exact) mass is 183 g/mol. The first-order chi connectivity index (χ1) is 5.52. The van der Waals surface area contributed by atoms with Gasteiger partial charge in [-0.05, 0) is 31.5 Å². The van der Waals surface area contributed by atoms with E-state index in [2.05, 4.69) is 0 Å². The summed E-state index contributed by atoms with van der Waals surface area (Å²) in [5.41, 5.74) is 7.45. The summed E-state index contributed by atoms with van der Waals surface area (Å²) >= 11 is 5.83. The first-order valence-corrected chi connectivity index (χ1v) is 3.96. The van der Waals surface area contributed by atoms with E-state index in [1.165, 1.54) is 6.92 Å². The molecule has 0 heterocycles. The van der Waals surface area contributed by atoms with E-state index in [1.54, 1.807) is 12.1 Å². The number of nitrogen functional groups attached to an aromatic ring is 1. The number of Topliss-reactive ketones (excluding diaryl/α,β-unsaturated/α-hetero) is 1. The second-order valence-corrected chi connectivity index (χ2v) is 3.17. The molecule has 64 valence electrons. The summed E-state index contributed by atoms with van der Waals surface area (Å²) in [6.07, 6.45) is 0. The van der Waals surface area contributed by atoms with Gasteiger partial charge >= 0.3 is 0 Å². The summed E-state index contributed by atoms with van der Waals surface area (Å²) < 4.78 is 0. The van der Waals surface area contributed by atoms with Gasteiger partial charge in [-0.2, -0.15) is 0 Å². The molecule has 0 aromatic heterocycles. The van der Waals surface area contributed by atoms with E-state index < -0.39 is 0 Å². The second-order valence-electron chi connectivity index (χ2n) is 2.77. The number of hydrogen-bond donors (Lipinski definition) is 1. The van der Waals surface area contributed by atoms with Crippen molar-refractivity contribution < 1.29 is 4.79 Å². The normalized spacial score (nSPS) is 9.92. The maximum absolute atomic E-state index is 11.0. The van der Waals surface area contributed by atoms with Gasteiger partial charge in [0.1, 0.15) is 0 Å². The predicted octanol–water partition coefficient (Wildman–Crippen LogP) is 2.43. The molecular weight excluding hydrogens is 174 g/mol. The van der Waals surface area contributed by atoms with Crippen LogP contribution in [0.1, 0.15) is 22.8 Å². The number of benzene rings is 1. The fourth-order valence-corrected chi connectivity index (χ4v) is 1.55. The van der Waals surface area contributed by atoms with Crippen LogP contribution in [-0.4, -0.2) is 5.78 Å². The highest BCUT2D eigenvalue weighted by atomic mass is 35.5. The molecule has 0 atom stereocenters. The number of aryl methyl sites for hydroxylation is 1. The van der Waals surface area contributed by atoms with Gasteiger partial charge in [0.15, 0.2) is 5.78 Å². The maximum atomic E-state index is 11.0. The molecular formula is C9H10ClNO. The van der Waals surface area contributed by atoms with E-state index in [-0.39, 0.29) is 5.78 Å². The molecule has 1 aromatic rings. The Bertz CT molecular complexity index is 310. The standard InChI is InChI=1S/C9H10ClNO/c1-5-3-7(10)9(6(2)12)8(11)4-5/h3-4H,11H2,1-2H3. The first kappa shape index (κ1) is 9.07. The lowest BCUT2D eigenvalue weighted by Crippen LogP contribution is -2.01. The number of rotatable bonds is 1. The SMILES string of the molecule is CC(=O)c1c(N)cc(C)cc1Cl. The van der Waals surface area contributed by atoms with Crippen LogP contribution in [0.2, 0.25) is 5.02 Å². The number of nitrogens with two attached hydrogens (primary N) is 1. The average molecular weight is 184 g/mol. The Balaban J connectivity index is 3.38. The Morgan fingerprint density at radius 1 is 1.50 bits per heavy atom. The Morgan fingerprint density at radius 2 is 2.08 bits per heavy atom. The molecule has 0 unspecified atom stereocenters. The molecule has 0 radical (unpaired) electrons. The van der Waals surface area contributed by atoms with Crippen LogP contribution in [0.25, 0.3) is 0 Å². The van der Waals surface area contributed by atoms with Crippen molar-refractivity contribution in [3.05, 3.63) is 28.3 Å². The van der Waals surface area contributed by atoms with E-state index in [0.717, 1.165) is 5.56 Å². The predicted molar refractivity (Wildman–Crippen MR) is 50.6 cm³/mol. The Morgan fingerprint density at radius 3 is 2.50 bits per heavy atom.